The van der Waals surface area contributed by atoms with Crippen LogP contribution in [0, 0.1) is 6.92 Å². The lowest BCUT2D eigenvalue weighted by Gasteiger charge is -2.21. The van der Waals surface area contributed by atoms with Gasteiger partial charge < -0.3 is 15.1 Å². The molecule has 0 amide bonds. The Bertz CT molecular complexity index is 803. The zero-order chi connectivity index (χ0) is 17.7. The van der Waals surface area contributed by atoms with E-state index in [0.29, 0.717) is 11.3 Å². The summed E-state index contributed by atoms with van der Waals surface area (Å²) in [7, 11) is 0. The van der Waals surface area contributed by atoms with Crippen molar-refractivity contribution in [2.24, 2.45) is 0 Å². The zero-order valence-electron chi connectivity index (χ0n) is 14.3. The minimum atomic E-state index is 0.227. The van der Waals surface area contributed by atoms with E-state index in [1.165, 1.54) is 0 Å². The molecule has 0 atom stereocenters. The topological polar surface area (TPSA) is 43.7 Å². The summed E-state index contributed by atoms with van der Waals surface area (Å²) in [6.45, 7) is 9.82. The molecule has 0 aliphatic carbocycles. The maximum absolute atomic E-state index is 10.3. The molecule has 0 aliphatic rings. The molecule has 2 aromatic rings. The number of aromatic hydroxyl groups is 2. The number of para-hydroxylation sites is 2. The van der Waals surface area contributed by atoms with E-state index in [2.05, 4.69) is 6.58 Å². The van der Waals surface area contributed by atoms with E-state index in [4.69, 9.17) is 0 Å². The number of hydrogen-bond donors (Lipinski definition) is 2. The fourth-order valence-electron chi connectivity index (χ4n) is 2.49. The Labute approximate surface area is 143 Å². The maximum atomic E-state index is 10.3. The van der Waals surface area contributed by atoms with E-state index >= 15 is 0 Å². The third kappa shape index (κ3) is 3.69. The molecule has 0 fully saturated rings. The first kappa shape index (κ1) is 17.4. The van der Waals surface area contributed by atoms with Crippen molar-refractivity contribution in [3.05, 3.63) is 84.2 Å². The first-order chi connectivity index (χ1) is 11.5. The van der Waals surface area contributed by atoms with E-state index in [1.807, 2.05) is 74.5 Å². The molecular formula is C21H23NO2. The summed E-state index contributed by atoms with van der Waals surface area (Å²) >= 11 is 0. The molecule has 2 N–H and O–H groups in total. The molecule has 0 bridgehead atoms. The van der Waals surface area contributed by atoms with Crippen LogP contribution in [0.2, 0.25) is 0 Å². The predicted octanol–water partition coefficient (Wildman–Crippen LogP) is 5.27. The molecule has 24 heavy (non-hydrogen) atoms. The van der Waals surface area contributed by atoms with Gasteiger partial charge in [-0.3, -0.25) is 0 Å². The van der Waals surface area contributed by atoms with Crippen molar-refractivity contribution in [1.82, 2.24) is 4.90 Å². The Kier molecular flexibility index (Phi) is 5.48. The first-order valence-corrected chi connectivity index (χ1v) is 7.81. The van der Waals surface area contributed by atoms with Gasteiger partial charge in [0, 0.05) is 29.2 Å². The lowest BCUT2D eigenvalue weighted by Crippen LogP contribution is -2.08. The molecule has 3 nitrogen and oxygen atoms in total. The van der Waals surface area contributed by atoms with Gasteiger partial charge in [0.1, 0.15) is 11.5 Å². The van der Waals surface area contributed by atoms with E-state index in [0.717, 1.165) is 16.7 Å². The van der Waals surface area contributed by atoms with Crippen LogP contribution in [0.1, 0.15) is 30.5 Å². The van der Waals surface area contributed by atoms with E-state index in [-0.39, 0.29) is 11.5 Å². The van der Waals surface area contributed by atoms with Gasteiger partial charge in [0.25, 0.3) is 0 Å². The Morgan fingerprint density at radius 1 is 1.04 bits per heavy atom. The minimum Gasteiger partial charge on any atom is -0.507 e. The van der Waals surface area contributed by atoms with Gasteiger partial charge in [-0.2, -0.15) is 0 Å². The van der Waals surface area contributed by atoms with Gasteiger partial charge in [0.05, 0.1) is 0 Å². The standard InChI is InChI=1S/C21H23NO2/c1-5-13-22(14-16(3)18-10-6-7-12-20(18)23)17(4)19-11-8-9-15(2)21(19)24/h5-14,23-24H,4H2,1-3H3/b13-5-,16-14+. The summed E-state index contributed by atoms with van der Waals surface area (Å²) in [5, 5.41) is 20.3. The van der Waals surface area contributed by atoms with Crippen molar-refractivity contribution in [1.29, 1.82) is 0 Å². The zero-order valence-corrected chi connectivity index (χ0v) is 14.3. The number of phenols is 2. The molecule has 124 valence electrons. The fraction of sp³-hybridized carbons (Fsp3) is 0.143. The van der Waals surface area contributed by atoms with Gasteiger partial charge in [-0.15, -0.1) is 0 Å². The van der Waals surface area contributed by atoms with Crippen molar-refractivity contribution < 1.29 is 10.2 Å². The third-order valence-electron chi connectivity index (χ3n) is 3.83. The molecule has 2 aromatic carbocycles. The number of rotatable bonds is 5. The molecular weight excluding hydrogens is 298 g/mol. The highest BCUT2D eigenvalue weighted by molar-refractivity contribution is 5.74. The van der Waals surface area contributed by atoms with Crippen molar-refractivity contribution >= 4 is 11.3 Å². The van der Waals surface area contributed by atoms with Crippen LogP contribution < -0.4 is 0 Å². The van der Waals surface area contributed by atoms with E-state index in [1.54, 1.807) is 12.1 Å². The number of nitrogens with zero attached hydrogens (tertiary/aromatic N) is 1. The summed E-state index contributed by atoms with van der Waals surface area (Å²) in [5.41, 5.74) is 3.78. The molecule has 0 saturated heterocycles. The molecule has 0 unspecified atom stereocenters. The third-order valence-corrected chi connectivity index (χ3v) is 3.83. The highest BCUT2D eigenvalue weighted by Crippen LogP contribution is 2.31. The lowest BCUT2D eigenvalue weighted by molar-refractivity contribution is 0.467. The molecule has 0 heterocycles. The van der Waals surface area contributed by atoms with Crippen LogP contribution >= 0.6 is 0 Å². The van der Waals surface area contributed by atoms with Crippen LogP contribution in [0.5, 0.6) is 11.5 Å². The average molecular weight is 321 g/mol. The van der Waals surface area contributed by atoms with Crippen molar-refractivity contribution in [2.45, 2.75) is 20.8 Å². The second-order valence-electron chi connectivity index (χ2n) is 5.64. The quantitative estimate of drug-likeness (QED) is 0.788. The molecule has 0 radical (unpaired) electrons. The van der Waals surface area contributed by atoms with Crippen LogP contribution in [0.4, 0.5) is 0 Å². The number of benzene rings is 2. The molecule has 0 spiro atoms. The molecule has 0 aliphatic heterocycles. The van der Waals surface area contributed by atoms with Crippen molar-refractivity contribution in [3.63, 3.8) is 0 Å². The Balaban J connectivity index is 2.43. The number of allylic oxidation sites excluding steroid dienone is 2. The smallest absolute Gasteiger partial charge is 0.127 e. The predicted molar refractivity (Wildman–Crippen MR) is 100 cm³/mol. The maximum Gasteiger partial charge on any atom is 0.127 e. The fourth-order valence-corrected chi connectivity index (χ4v) is 2.49. The van der Waals surface area contributed by atoms with Gasteiger partial charge in [0.15, 0.2) is 0 Å². The largest absolute Gasteiger partial charge is 0.507 e. The molecule has 0 aromatic heterocycles. The van der Waals surface area contributed by atoms with Crippen molar-refractivity contribution in [2.75, 3.05) is 0 Å². The van der Waals surface area contributed by atoms with Gasteiger partial charge in [-0.25, -0.2) is 0 Å². The molecule has 2 rings (SSSR count). The second kappa shape index (κ2) is 7.55. The van der Waals surface area contributed by atoms with Gasteiger partial charge in [-0.1, -0.05) is 43.0 Å². The Morgan fingerprint density at radius 2 is 1.71 bits per heavy atom. The van der Waals surface area contributed by atoms with Crippen molar-refractivity contribution in [3.8, 4) is 11.5 Å². The summed E-state index contributed by atoms with van der Waals surface area (Å²) in [4.78, 5) is 1.84. The lowest BCUT2D eigenvalue weighted by atomic mass is 10.1. The first-order valence-electron chi connectivity index (χ1n) is 7.81. The number of phenolic OH excluding ortho intramolecular Hbond substituents is 2. The SMILES string of the molecule is C=C(c1cccc(C)c1O)N(/C=C\C)/C=C(\C)c1ccccc1O. The Hall–Kier alpha value is -2.94. The molecule has 3 heteroatoms. The highest BCUT2D eigenvalue weighted by atomic mass is 16.3. The van der Waals surface area contributed by atoms with Gasteiger partial charge in [0.2, 0.25) is 0 Å². The van der Waals surface area contributed by atoms with E-state index < -0.39 is 0 Å². The highest BCUT2D eigenvalue weighted by Gasteiger charge is 2.12. The summed E-state index contributed by atoms with van der Waals surface area (Å²) in [6, 6.07) is 12.8. The normalized spacial score (nSPS) is 11.7. The monoisotopic (exact) mass is 321 g/mol. The van der Waals surface area contributed by atoms with Gasteiger partial charge >= 0.3 is 0 Å². The summed E-state index contributed by atoms with van der Waals surface area (Å²) < 4.78 is 0. The summed E-state index contributed by atoms with van der Waals surface area (Å²) in [6.07, 6.45) is 5.65. The van der Waals surface area contributed by atoms with Gasteiger partial charge in [-0.05, 0) is 44.0 Å². The number of hydrogen-bond acceptors (Lipinski definition) is 3. The van der Waals surface area contributed by atoms with Crippen LogP contribution in [-0.2, 0) is 0 Å². The van der Waals surface area contributed by atoms with E-state index in [9.17, 15) is 10.2 Å². The van der Waals surface area contributed by atoms with Crippen LogP contribution in [0.3, 0.4) is 0 Å². The van der Waals surface area contributed by atoms with Crippen LogP contribution in [0.25, 0.3) is 11.3 Å². The second-order valence-corrected chi connectivity index (χ2v) is 5.64. The van der Waals surface area contributed by atoms with Crippen LogP contribution in [0.15, 0.2) is 67.5 Å². The Morgan fingerprint density at radius 3 is 2.38 bits per heavy atom. The minimum absolute atomic E-state index is 0.227. The molecule has 0 saturated carbocycles. The summed E-state index contributed by atoms with van der Waals surface area (Å²) in [5.74, 6) is 0.460. The van der Waals surface area contributed by atoms with Crippen LogP contribution in [-0.4, -0.2) is 15.1 Å². The average Bonchev–Trinajstić information content (AvgIpc) is 2.56. The number of aryl methyl sites for hydroxylation is 1.